The number of nitrogens with zero attached hydrogens (tertiary/aromatic N) is 2. The highest BCUT2D eigenvalue weighted by atomic mass is 16.2. The molecule has 2 aromatic rings. The van der Waals surface area contributed by atoms with Crippen molar-refractivity contribution in [2.24, 2.45) is 0 Å². The first kappa shape index (κ1) is 17.8. The van der Waals surface area contributed by atoms with Crippen LogP contribution in [0, 0.1) is 0 Å². The van der Waals surface area contributed by atoms with Gasteiger partial charge in [0.15, 0.2) is 0 Å². The fourth-order valence-corrected chi connectivity index (χ4v) is 4.57. The van der Waals surface area contributed by atoms with Gasteiger partial charge in [-0.2, -0.15) is 0 Å². The smallest absolute Gasteiger partial charge is 0.312 e. The molecule has 2 saturated heterocycles. The molecule has 4 nitrogen and oxygen atoms in total. The molecule has 2 aromatic carbocycles. The first-order valence-corrected chi connectivity index (χ1v) is 9.90. The lowest BCUT2D eigenvalue weighted by Gasteiger charge is -2.44. The van der Waals surface area contributed by atoms with Crippen LogP contribution >= 0.6 is 0 Å². The normalized spacial score (nSPS) is 19.1. The maximum Gasteiger partial charge on any atom is 0.312 e. The minimum atomic E-state index is -0.340. The van der Waals surface area contributed by atoms with E-state index in [9.17, 15) is 9.59 Å². The van der Waals surface area contributed by atoms with Crippen LogP contribution in [0.15, 0.2) is 60.7 Å². The molecule has 27 heavy (non-hydrogen) atoms. The van der Waals surface area contributed by atoms with E-state index in [1.165, 1.54) is 11.1 Å². The van der Waals surface area contributed by atoms with Crippen LogP contribution in [0.4, 0.5) is 0 Å². The lowest BCUT2D eigenvalue weighted by molar-refractivity contribution is -0.152. The molecular formula is C23H26N2O2. The molecule has 0 aliphatic carbocycles. The van der Waals surface area contributed by atoms with Crippen molar-refractivity contribution in [2.75, 3.05) is 26.2 Å². The molecule has 0 unspecified atom stereocenters. The maximum atomic E-state index is 13.0. The Labute approximate surface area is 160 Å². The molecule has 0 aromatic heterocycles. The number of carbonyl (C=O) groups is 2. The first-order valence-electron chi connectivity index (χ1n) is 9.90. The van der Waals surface area contributed by atoms with Crippen LogP contribution in [0.3, 0.4) is 0 Å². The highest BCUT2D eigenvalue weighted by Crippen LogP contribution is 2.40. The molecule has 0 bridgehead atoms. The van der Waals surface area contributed by atoms with Crippen molar-refractivity contribution in [3.8, 4) is 0 Å². The van der Waals surface area contributed by atoms with E-state index in [0.29, 0.717) is 26.2 Å². The molecular weight excluding hydrogens is 336 g/mol. The molecule has 0 radical (unpaired) electrons. The molecule has 140 valence electrons. The SMILES string of the molecule is O=C(C(=O)N1CCCC(c2ccccc2)(c2ccccc2)C1)N1CCCC1. The van der Waals surface area contributed by atoms with Gasteiger partial charge in [0.05, 0.1) is 0 Å². The van der Waals surface area contributed by atoms with Crippen LogP contribution in [0.5, 0.6) is 0 Å². The van der Waals surface area contributed by atoms with Gasteiger partial charge < -0.3 is 9.80 Å². The van der Waals surface area contributed by atoms with E-state index in [0.717, 1.165) is 25.7 Å². The Hall–Kier alpha value is -2.62. The Bertz CT molecular complexity index is 758. The third-order valence-corrected chi connectivity index (χ3v) is 6.01. The zero-order valence-corrected chi connectivity index (χ0v) is 15.6. The second-order valence-electron chi connectivity index (χ2n) is 7.64. The molecule has 4 rings (SSSR count). The van der Waals surface area contributed by atoms with Gasteiger partial charge in [-0.25, -0.2) is 0 Å². The zero-order chi connectivity index (χ0) is 18.7. The second kappa shape index (κ2) is 7.55. The summed E-state index contributed by atoms with van der Waals surface area (Å²) in [5, 5.41) is 0. The fourth-order valence-electron chi connectivity index (χ4n) is 4.57. The van der Waals surface area contributed by atoms with Crippen molar-refractivity contribution in [3.05, 3.63) is 71.8 Å². The molecule has 2 aliphatic rings. The third kappa shape index (κ3) is 3.36. The summed E-state index contributed by atoms with van der Waals surface area (Å²) < 4.78 is 0. The van der Waals surface area contributed by atoms with Crippen molar-refractivity contribution < 1.29 is 9.59 Å². The minimum Gasteiger partial charge on any atom is -0.334 e. The standard InChI is InChI=1S/C23H26N2O2/c26-21(24-15-7-8-16-24)22(27)25-17-9-14-23(18-25,19-10-3-1-4-11-19)20-12-5-2-6-13-20/h1-6,10-13H,7-9,14-18H2. The monoisotopic (exact) mass is 362 g/mol. The summed E-state index contributed by atoms with van der Waals surface area (Å²) in [4.78, 5) is 29.1. The van der Waals surface area contributed by atoms with Gasteiger partial charge in [-0.15, -0.1) is 0 Å². The lowest BCUT2D eigenvalue weighted by atomic mass is 9.69. The van der Waals surface area contributed by atoms with Gasteiger partial charge in [0.2, 0.25) is 0 Å². The first-order chi connectivity index (χ1) is 13.2. The van der Waals surface area contributed by atoms with Crippen molar-refractivity contribution in [2.45, 2.75) is 31.1 Å². The molecule has 2 fully saturated rings. The van der Waals surface area contributed by atoms with Crippen molar-refractivity contribution >= 4 is 11.8 Å². The largest absolute Gasteiger partial charge is 0.334 e. The van der Waals surface area contributed by atoms with Crippen LogP contribution in [-0.4, -0.2) is 47.8 Å². The van der Waals surface area contributed by atoms with Crippen LogP contribution in [-0.2, 0) is 15.0 Å². The van der Waals surface area contributed by atoms with Gasteiger partial charge in [0.25, 0.3) is 0 Å². The number of likely N-dealkylation sites (tertiary alicyclic amines) is 2. The summed E-state index contributed by atoms with van der Waals surface area (Å²) >= 11 is 0. The van der Waals surface area contributed by atoms with Gasteiger partial charge in [-0.1, -0.05) is 60.7 Å². The summed E-state index contributed by atoms with van der Waals surface area (Å²) in [7, 11) is 0. The van der Waals surface area contributed by atoms with E-state index in [1.54, 1.807) is 9.80 Å². The minimum absolute atomic E-state index is 0.262. The Kier molecular flexibility index (Phi) is 4.97. The third-order valence-electron chi connectivity index (χ3n) is 6.01. The van der Waals surface area contributed by atoms with Gasteiger partial charge >= 0.3 is 11.8 Å². The number of hydrogen-bond acceptors (Lipinski definition) is 2. The van der Waals surface area contributed by atoms with Crippen LogP contribution in [0.2, 0.25) is 0 Å². The van der Waals surface area contributed by atoms with Crippen molar-refractivity contribution in [3.63, 3.8) is 0 Å². The summed E-state index contributed by atoms with van der Waals surface area (Å²) in [6.45, 7) is 2.63. The van der Waals surface area contributed by atoms with E-state index in [2.05, 4.69) is 48.5 Å². The van der Waals surface area contributed by atoms with Gasteiger partial charge in [-0.05, 0) is 36.8 Å². The Morgan fingerprint density at radius 3 is 1.70 bits per heavy atom. The quantitative estimate of drug-likeness (QED) is 0.770. The van der Waals surface area contributed by atoms with Crippen LogP contribution < -0.4 is 0 Å². The van der Waals surface area contributed by atoms with Crippen LogP contribution in [0.1, 0.15) is 36.8 Å². The molecule has 2 heterocycles. The number of benzene rings is 2. The van der Waals surface area contributed by atoms with Gasteiger partial charge in [0, 0.05) is 31.6 Å². The maximum absolute atomic E-state index is 13.0. The number of carbonyl (C=O) groups excluding carboxylic acids is 2. The Morgan fingerprint density at radius 1 is 0.667 bits per heavy atom. The Balaban J connectivity index is 1.66. The summed E-state index contributed by atoms with van der Waals surface area (Å²) in [6, 6.07) is 20.8. The number of hydrogen-bond donors (Lipinski definition) is 0. The topological polar surface area (TPSA) is 40.6 Å². The molecule has 0 atom stereocenters. The molecule has 2 aliphatic heterocycles. The molecule has 0 N–H and O–H groups in total. The molecule has 2 amide bonds. The number of amides is 2. The average molecular weight is 362 g/mol. The van der Waals surface area contributed by atoms with Gasteiger partial charge in [-0.3, -0.25) is 9.59 Å². The molecule has 0 saturated carbocycles. The van der Waals surface area contributed by atoms with Crippen LogP contribution in [0.25, 0.3) is 0 Å². The predicted octanol–water partition coefficient (Wildman–Crippen LogP) is 3.22. The van der Waals surface area contributed by atoms with E-state index < -0.39 is 0 Å². The van der Waals surface area contributed by atoms with E-state index in [1.807, 2.05) is 12.1 Å². The summed E-state index contributed by atoms with van der Waals surface area (Å²) in [5.41, 5.74) is 2.16. The average Bonchev–Trinajstić information content (AvgIpc) is 3.29. The predicted molar refractivity (Wildman–Crippen MR) is 105 cm³/mol. The van der Waals surface area contributed by atoms with E-state index in [4.69, 9.17) is 0 Å². The number of rotatable bonds is 2. The highest BCUT2D eigenvalue weighted by molar-refractivity contribution is 6.35. The van der Waals surface area contributed by atoms with Gasteiger partial charge in [0.1, 0.15) is 0 Å². The van der Waals surface area contributed by atoms with Crippen molar-refractivity contribution in [1.82, 2.24) is 9.80 Å². The zero-order valence-electron chi connectivity index (χ0n) is 15.6. The summed E-state index contributed by atoms with van der Waals surface area (Å²) in [6.07, 6.45) is 3.86. The second-order valence-corrected chi connectivity index (χ2v) is 7.64. The lowest BCUT2D eigenvalue weighted by Crippen LogP contribution is -2.53. The molecule has 0 spiro atoms. The fraction of sp³-hybridized carbons (Fsp3) is 0.391. The Morgan fingerprint density at radius 2 is 1.15 bits per heavy atom. The van der Waals surface area contributed by atoms with E-state index >= 15 is 0 Å². The summed E-state index contributed by atoms with van der Waals surface area (Å²) in [5.74, 6) is -0.669. The molecule has 4 heteroatoms. The number of piperidine rings is 1. The highest BCUT2D eigenvalue weighted by Gasteiger charge is 2.42. The van der Waals surface area contributed by atoms with Crippen molar-refractivity contribution in [1.29, 1.82) is 0 Å². The van der Waals surface area contributed by atoms with E-state index in [-0.39, 0.29) is 17.2 Å².